The van der Waals surface area contributed by atoms with Crippen LogP contribution in [0.3, 0.4) is 0 Å². The number of anilines is 1. The molecule has 0 atom stereocenters. The van der Waals surface area contributed by atoms with E-state index >= 15 is 0 Å². The number of carbonyl (C=O) groups is 1. The van der Waals surface area contributed by atoms with Crippen LogP contribution < -0.4 is 10.2 Å². The van der Waals surface area contributed by atoms with E-state index in [1.165, 1.54) is 6.42 Å². The molecule has 1 saturated carbocycles. The van der Waals surface area contributed by atoms with Crippen molar-refractivity contribution in [3.63, 3.8) is 0 Å². The molecule has 0 unspecified atom stereocenters. The fourth-order valence-corrected chi connectivity index (χ4v) is 4.35. The maximum Gasteiger partial charge on any atom is 0.317 e. The molecule has 1 saturated heterocycles. The van der Waals surface area contributed by atoms with Crippen LogP contribution in [0, 0.1) is 5.92 Å². The molecule has 7 heteroatoms. The van der Waals surface area contributed by atoms with Crippen LogP contribution in [0.25, 0.3) is 0 Å². The molecule has 1 heterocycles. The molecule has 0 aromatic heterocycles. The maximum atomic E-state index is 11.7. The summed E-state index contributed by atoms with van der Waals surface area (Å²) in [6, 6.07) is 6.24. The van der Waals surface area contributed by atoms with Crippen LogP contribution in [0.2, 0.25) is 10.0 Å². The lowest BCUT2D eigenvalue weighted by atomic mass is 9.78. The fourth-order valence-electron chi connectivity index (χ4n) is 3.93. The first-order valence-corrected chi connectivity index (χ1v) is 10.6. The highest BCUT2D eigenvalue weighted by Gasteiger charge is 2.30. The molecule has 5 nitrogen and oxygen atoms in total. The number of rotatable bonds is 5. The average Bonchev–Trinajstić information content (AvgIpc) is 2.84. The Hall–Kier alpha value is -1.17. The number of nitrogens with one attached hydrogen (secondary N) is 1. The third-order valence-corrected chi connectivity index (χ3v) is 6.49. The summed E-state index contributed by atoms with van der Waals surface area (Å²) in [7, 11) is 3.56. The number of urea groups is 1. The molecule has 0 spiro atoms. The van der Waals surface area contributed by atoms with Crippen molar-refractivity contribution in [1.29, 1.82) is 0 Å². The van der Waals surface area contributed by atoms with Crippen molar-refractivity contribution >= 4 is 34.9 Å². The number of hydrogen-bond acceptors (Lipinski definition) is 3. The minimum atomic E-state index is 0.0192. The number of hydrogen-bond donors (Lipinski definition) is 1. The molecule has 0 radical (unpaired) electrons. The van der Waals surface area contributed by atoms with Gasteiger partial charge in [0.1, 0.15) is 0 Å². The molecule has 3 rings (SSSR count). The lowest BCUT2D eigenvalue weighted by Crippen LogP contribution is -2.48. The summed E-state index contributed by atoms with van der Waals surface area (Å²) >= 11 is 12.6. The van der Waals surface area contributed by atoms with Gasteiger partial charge in [-0.25, -0.2) is 4.79 Å². The fraction of sp³-hybridized carbons (Fsp3) is 0.650. The zero-order valence-corrected chi connectivity index (χ0v) is 17.8. The first kappa shape index (κ1) is 20.6. The van der Waals surface area contributed by atoms with E-state index in [2.05, 4.69) is 21.2 Å². The standard InChI is InChI=1S/C20H30Cl2N4O/c1-24(2)20(27)23-16-13-15(14-16)7-10-25-8-4-9-26(12-11-25)18-6-3-5-17(21)19(18)22/h3,5-6,15-16H,4,7-14H2,1-2H3,(H,23,27). The molecule has 1 aliphatic heterocycles. The summed E-state index contributed by atoms with van der Waals surface area (Å²) in [4.78, 5) is 18.2. The van der Waals surface area contributed by atoms with Gasteiger partial charge >= 0.3 is 6.03 Å². The largest absolute Gasteiger partial charge is 0.369 e. The topological polar surface area (TPSA) is 38.8 Å². The molecular weight excluding hydrogens is 383 g/mol. The second-order valence-corrected chi connectivity index (χ2v) is 8.71. The summed E-state index contributed by atoms with van der Waals surface area (Å²) in [6.07, 6.45) is 4.57. The quantitative estimate of drug-likeness (QED) is 0.795. The van der Waals surface area contributed by atoms with Crippen LogP contribution in [0.5, 0.6) is 0 Å². The number of benzene rings is 1. The van der Waals surface area contributed by atoms with Crippen molar-refractivity contribution in [3.8, 4) is 0 Å². The third kappa shape index (κ3) is 5.43. The minimum Gasteiger partial charge on any atom is -0.369 e. The monoisotopic (exact) mass is 412 g/mol. The van der Waals surface area contributed by atoms with E-state index in [4.69, 9.17) is 23.2 Å². The van der Waals surface area contributed by atoms with Gasteiger partial charge in [-0.2, -0.15) is 0 Å². The summed E-state index contributed by atoms with van der Waals surface area (Å²) < 4.78 is 0. The van der Waals surface area contributed by atoms with Crippen LogP contribution in [0.1, 0.15) is 25.7 Å². The Labute approximate surface area is 172 Å². The van der Waals surface area contributed by atoms with Crippen LogP contribution in [-0.4, -0.2) is 68.7 Å². The molecule has 2 aliphatic rings. The van der Waals surface area contributed by atoms with Gasteiger partial charge in [0.2, 0.25) is 0 Å². The Bertz CT molecular complexity index is 649. The van der Waals surface area contributed by atoms with Crippen LogP contribution in [0.15, 0.2) is 18.2 Å². The molecule has 2 fully saturated rings. The van der Waals surface area contributed by atoms with Gasteiger partial charge in [0.15, 0.2) is 0 Å². The summed E-state index contributed by atoms with van der Waals surface area (Å²) in [5.41, 5.74) is 1.05. The Morgan fingerprint density at radius 2 is 1.96 bits per heavy atom. The normalized spacial score (nSPS) is 23.5. The molecule has 1 N–H and O–H groups in total. The van der Waals surface area contributed by atoms with Crippen LogP contribution in [-0.2, 0) is 0 Å². The Morgan fingerprint density at radius 1 is 1.19 bits per heavy atom. The van der Waals surface area contributed by atoms with Gasteiger partial charge in [0.25, 0.3) is 0 Å². The number of nitrogens with zero attached hydrogens (tertiary/aromatic N) is 3. The zero-order chi connectivity index (χ0) is 19.4. The highest BCUT2D eigenvalue weighted by Crippen LogP contribution is 2.33. The molecule has 1 aromatic rings. The van der Waals surface area contributed by atoms with Crippen molar-refractivity contribution in [2.24, 2.45) is 5.92 Å². The lowest BCUT2D eigenvalue weighted by molar-refractivity contribution is 0.166. The Morgan fingerprint density at radius 3 is 2.70 bits per heavy atom. The Kier molecular flexibility index (Phi) is 7.12. The van der Waals surface area contributed by atoms with E-state index in [0.717, 1.165) is 63.6 Å². The minimum absolute atomic E-state index is 0.0192. The smallest absolute Gasteiger partial charge is 0.317 e. The van der Waals surface area contributed by atoms with Crippen LogP contribution in [0.4, 0.5) is 10.5 Å². The van der Waals surface area contributed by atoms with Crippen LogP contribution >= 0.6 is 23.2 Å². The first-order chi connectivity index (χ1) is 12.9. The first-order valence-electron chi connectivity index (χ1n) is 9.83. The lowest BCUT2D eigenvalue weighted by Gasteiger charge is -2.37. The van der Waals surface area contributed by atoms with Crippen molar-refractivity contribution in [1.82, 2.24) is 15.1 Å². The number of halogens is 2. The van der Waals surface area contributed by atoms with Gasteiger partial charge in [-0.05, 0) is 56.8 Å². The summed E-state index contributed by atoms with van der Waals surface area (Å²) in [6.45, 7) is 5.31. The van der Waals surface area contributed by atoms with E-state index in [1.54, 1.807) is 19.0 Å². The summed E-state index contributed by atoms with van der Waals surface area (Å²) in [5, 5.41) is 4.35. The highest BCUT2D eigenvalue weighted by atomic mass is 35.5. The zero-order valence-electron chi connectivity index (χ0n) is 16.3. The van der Waals surface area contributed by atoms with Gasteiger partial charge in [0, 0.05) is 39.8 Å². The molecule has 1 aliphatic carbocycles. The Balaban J connectivity index is 1.40. The van der Waals surface area contributed by atoms with Gasteiger partial charge in [-0.3, -0.25) is 0 Å². The molecule has 150 valence electrons. The summed E-state index contributed by atoms with van der Waals surface area (Å²) in [5.74, 6) is 0.735. The van der Waals surface area contributed by atoms with Gasteiger partial charge in [0.05, 0.1) is 15.7 Å². The predicted octanol–water partition coefficient (Wildman–Crippen LogP) is 3.95. The van der Waals surface area contributed by atoms with E-state index in [9.17, 15) is 4.79 Å². The van der Waals surface area contributed by atoms with Crippen molar-refractivity contribution in [2.45, 2.75) is 31.7 Å². The molecular formula is C20H30Cl2N4O. The molecule has 0 bridgehead atoms. The van der Waals surface area contributed by atoms with E-state index in [1.807, 2.05) is 12.1 Å². The number of amides is 2. The van der Waals surface area contributed by atoms with E-state index in [0.29, 0.717) is 16.1 Å². The molecule has 27 heavy (non-hydrogen) atoms. The van der Waals surface area contributed by atoms with E-state index < -0.39 is 0 Å². The third-order valence-electron chi connectivity index (χ3n) is 5.68. The van der Waals surface area contributed by atoms with E-state index in [-0.39, 0.29) is 6.03 Å². The highest BCUT2D eigenvalue weighted by molar-refractivity contribution is 6.43. The van der Waals surface area contributed by atoms with Crippen molar-refractivity contribution in [3.05, 3.63) is 28.2 Å². The van der Waals surface area contributed by atoms with Gasteiger partial charge in [-0.15, -0.1) is 0 Å². The predicted molar refractivity (Wildman–Crippen MR) is 113 cm³/mol. The number of carbonyl (C=O) groups excluding carboxylic acids is 1. The van der Waals surface area contributed by atoms with Gasteiger partial charge < -0.3 is 20.0 Å². The van der Waals surface area contributed by atoms with Crippen molar-refractivity contribution in [2.75, 3.05) is 51.7 Å². The molecule has 2 amide bonds. The second kappa shape index (κ2) is 9.35. The SMILES string of the molecule is CN(C)C(=O)NC1CC(CCN2CCCN(c3cccc(Cl)c3Cl)CC2)C1. The van der Waals surface area contributed by atoms with Crippen molar-refractivity contribution < 1.29 is 4.79 Å². The molecule has 1 aromatic carbocycles. The average molecular weight is 413 g/mol. The van der Waals surface area contributed by atoms with Gasteiger partial charge in [-0.1, -0.05) is 29.3 Å². The maximum absolute atomic E-state index is 11.7. The second-order valence-electron chi connectivity index (χ2n) is 7.92.